The van der Waals surface area contributed by atoms with Crippen molar-refractivity contribution in [3.05, 3.63) is 78.3 Å². The summed E-state index contributed by atoms with van der Waals surface area (Å²) in [6.07, 6.45) is 1.36. The van der Waals surface area contributed by atoms with E-state index < -0.39 is 0 Å². The van der Waals surface area contributed by atoms with Crippen molar-refractivity contribution in [2.24, 2.45) is 0 Å². The van der Waals surface area contributed by atoms with Crippen molar-refractivity contribution in [3.8, 4) is 17.6 Å². The SMILES string of the molecule is C=COc1ccccc1C#Cc1ccc(F)cc1. The first kappa shape index (κ1) is 11.9. The Morgan fingerprint density at radius 3 is 2.44 bits per heavy atom. The summed E-state index contributed by atoms with van der Waals surface area (Å²) in [5.74, 6) is 6.33. The highest BCUT2D eigenvalue weighted by molar-refractivity contribution is 5.49. The molecule has 0 saturated carbocycles. The third kappa shape index (κ3) is 2.99. The molecule has 0 unspecified atom stereocenters. The Bertz CT molecular complexity index is 603. The van der Waals surface area contributed by atoms with Crippen LogP contribution in [0.1, 0.15) is 11.1 Å². The standard InChI is InChI=1S/C16H11FO/c1-2-18-16-6-4-3-5-14(16)10-7-13-8-11-15(17)12-9-13/h2-6,8-9,11-12H,1H2. The Hall–Kier alpha value is -2.53. The van der Waals surface area contributed by atoms with Crippen LogP contribution in [0.5, 0.6) is 5.75 Å². The lowest BCUT2D eigenvalue weighted by Crippen LogP contribution is -1.85. The van der Waals surface area contributed by atoms with Gasteiger partial charge in [-0.15, -0.1) is 0 Å². The van der Waals surface area contributed by atoms with E-state index in [1.807, 2.05) is 24.3 Å². The minimum absolute atomic E-state index is 0.268. The fourth-order valence-corrected chi connectivity index (χ4v) is 1.44. The molecular formula is C16H11FO. The van der Waals surface area contributed by atoms with E-state index >= 15 is 0 Å². The molecule has 0 fully saturated rings. The third-order valence-corrected chi connectivity index (χ3v) is 2.28. The zero-order valence-corrected chi connectivity index (χ0v) is 9.69. The number of hydrogen-bond donors (Lipinski definition) is 0. The Morgan fingerprint density at radius 2 is 1.72 bits per heavy atom. The summed E-state index contributed by atoms with van der Waals surface area (Å²) in [5.41, 5.74) is 1.52. The molecule has 0 aliphatic heterocycles. The largest absolute Gasteiger partial charge is 0.464 e. The molecule has 0 radical (unpaired) electrons. The average molecular weight is 238 g/mol. The van der Waals surface area contributed by atoms with Crippen LogP contribution < -0.4 is 4.74 Å². The van der Waals surface area contributed by atoms with Crippen LogP contribution in [0.2, 0.25) is 0 Å². The predicted octanol–water partition coefficient (Wildman–Crippen LogP) is 3.75. The molecule has 0 bridgehead atoms. The fraction of sp³-hybridized carbons (Fsp3) is 0. The van der Waals surface area contributed by atoms with E-state index in [0.29, 0.717) is 5.75 Å². The van der Waals surface area contributed by atoms with E-state index in [9.17, 15) is 4.39 Å². The third-order valence-electron chi connectivity index (χ3n) is 2.28. The molecule has 1 nitrogen and oxygen atoms in total. The van der Waals surface area contributed by atoms with Gasteiger partial charge in [0.05, 0.1) is 11.8 Å². The average Bonchev–Trinajstić information content (AvgIpc) is 2.40. The van der Waals surface area contributed by atoms with Crippen LogP contribution in [0.15, 0.2) is 61.4 Å². The van der Waals surface area contributed by atoms with Crippen LogP contribution in [-0.4, -0.2) is 0 Å². The highest BCUT2D eigenvalue weighted by atomic mass is 19.1. The van der Waals surface area contributed by atoms with Crippen LogP contribution in [0.25, 0.3) is 0 Å². The van der Waals surface area contributed by atoms with E-state index in [-0.39, 0.29) is 5.82 Å². The molecule has 0 saturated heterocycles. The monoisotopic (exact) mass is 238 g/mol. The zero-order valence-electron chi connectivity index (χ0n) is 9.69. The molecule has 2 aromatic rings. The summed E-state index contributed by atoms with van der Waals surface area (Å²) in [4.78, 5) is 0. The zero-order chi connectivity index (χ0) is 12.8. The van der Waals surface area contributed by atoms with Gasteiger partial charge in [-0.25, -0.2) is 4.39 Å². The molecule has 0 N–H and O–H groups in total. The normalized spacial score (nSPS) is 9.17. The molecule has 18 heavy (non-hydrogen) atoms. The second-order valence-electron chi connectivity index (χ2n) is 3.54. The Kier molecular flexibility index (Phi) is 3.78. The number of hydrogen-bond acceptors (Lipinski definition) is 1. The molecule has 0 aromatic heterocycles. The first-order valence-electron chi connectivity index (χ1n) is 5.44. The lowest BCUT2D eigenvalue weighted by atomic mass is 10.1. The number of halogens is 1. The van der Waals surface area contributed by atoms with Crippen LogP contribution in [0.4, 0.5) is 4.39 Å². The van der Waals surface area contributed by atoms with Gasteiger partial charge >= 0.3 is 0 Å². The number of rotatable bonds is 2. The molecule has 2 rings (SSSR count). The topological polar surface area (TPSA) is 9.23 Å². The van der Waals surface area contributed by atoms with Gasteiger partial charge in [0.1, 0.15) is 11.6 Å². The van der Waals surface area contributed by atoms with Crippen LogP contribution >= 0.6 is 0 Å². The number of benzene rings is 2. The smallest absolute Gasteiger partial charge is 0.142 e. The van der Waals surface area contributed by atoms with Crippen LogP contribution in [0.3, 0.4) is 0 Å². The van der Waals surface area contributed by atoms with Gasteiger partial charge in [-0.2, -0.15) is 0 Å². The van der Waals surface area contributed by atoms with Gasteiger partial charge in [0.25, 0.3) is 0 Å². The van der Waals surface area contributed by atoms with Crippen molar-refractivity contribution in [3.63, 3.8) is 0 Å². The van der Waals surface area contributed by atoms with Crippen molar-refractivity contribution in [2.45, 2.75) is 0 Å². The van der Waals surface area contributed by atoms with Crippen molar-refractivity contribution >= 4 is 0 Å². The van der Waals surface area contributed by atoms with E-state index in [1.54, 1.807) is 12.1 Å². The van der Waals surface area contributed by atoms with Gasteiger partial charge in [-0.3, -0.25) is 0 Å². The molecule has 0 aliphatic rings. The summed E-state index contributed by atoms with van der Waals surface area (Å²) in [6.45, 7) is 3.51. The number of para-hydroxylation sites is 1. The summed E-state index contributed by atoms with van der Waals surface area (Å²) < 4.78 is 18.0. The lowest BCUT2D eigenvalue weighted by molar-refractivity contribution is 0.482. The van der Waals surface area contributed by atoms with Crippen LogP contribution in [0, 0.1) is 17.7 Å². The lowest BCUT2D eigenvalue weighted by Gasteiger charge is -2.01. The molecular weight excluding hydrogens is 227 g/mol. The minimum atomic E-state index is -0.268. The van der Waals surface area contributed by atoms with Gasteiger partial charge in [0.2, 0.25) is 0 Å². The summed E-state index contributed by atoms with van der Waals surface area (Å²) in [7, 11) is 0. The van der Waals surface area contributed by atoms with Gasteiger partial charge < -0.3 is 4.74 Å². The molecule has 0 amide bonds. The van der Waals surface area contributed by atoms with Crippen molar-refractivity contribution in [1.29, 1.82) is 0 Å². The van der Waals surface area contributed by atoms with Gasteiger partial charge in [-0.1, -0.05) is 30.6 Å². The molecule has 0 spiro atoms. The highest BCUT2D eigenvalue weighted by Crippen LogP contribution is 2.16. The van der Waals surface area contributed by atoms with Crippen molar-refractivity contribution < 1.29 is 9.13 Å². The molecule has 0 atom stereocenters. The quantitative estimate of drug-likeness (QED) is 0.572. The summed E-state index contributed by atoms with van der Waals surface area (Å²) >= 11 is 0. The fourth-order valence-electron chi connectivity index (χ4n) is 1.44. The van der Waals surface area contributed by atoms with E-state index in [2.05, 4.69) is 18.4 Å². The van der Waals surface area contributed by atoms with E-state index in [4.69, 9.17) is 4.74 Å². The molecule has 0 aliphatic carbocycles. The maximum absolute atomic E-state index is 12.7. The second-order valence-corrected chi connectivity index (χ2v) is 3.54. The van der Waals surface area contributed by atoms with Crippen LogP contribution in [-0.2, 0) is 0 Å². The molecule has 88 valence electrons. The molecule has 2 aromatic carbocycles. The van der Waals surface area contributed by atoms with Crippen molar-refractivity contribution in [2.75, 3.05) is 0 Å². The van der Waals surface area contributed by atoms with Crippen molar-refractivity contribution in [1.82, 2.24) is 0 Å². The van der Waals surface area contributed by atoms with Gasteiger partial charge in [0, 0.05) is 5.56 Å². The Labute approximate surface area is 106 Å². The predicted molar refractivity (Wildman–Crippen MR) is 69.6 cm³/mol. The maximum Gasteiger partial charge on any atom is 0.142 e. The molecule has 2 heteroatoms. The van der Waals surface area contributed by atoms with Gasteiger partial charge in [-0.05, 0) is 36.4 Å². The Balaban J connectivity index is 2.29. The molecule has 0 heterocycles. The van der Waals surface area contributed by atoms with E-state index in [1.165, 1.54) is 18.4 Å². The summed E-state index contributed by atoms with van der Waals surface area (Å²) in [6, 6.07) is 13.5. The highest BCUT2D eigenvalue weighted by Gasteiger charge is 1.97. The second kappa shape index (κ2) is 5.70. The first-order valence-corrected chi connectivity index (χ1v) is 5.44. The van der Waals surface area contributed by atoms with Gasteiger partial charge in [0.15, 0.2) is 0 Å². The maximum atomic E-state index is 12.7. The minimum Gasteiger partial charge on any atom is -0.464 e. The summed E-state index contributed by atoms with van der Waals surface area (Å²) in [5, 5.41) is 0. The first-order chi connectivity index (χ1) is 8.79. The van der Waals surface area contributed by atoms with E-state index in [0.717, 1.165) is 11.1 Å². The number of ether oxygens (including phenoxy) is 1. The Morgan fingerprint density at radius 1 is 1.00 bits per heavy atom.